The Bertz CT molecular complexity index is 312. The van der Waals surface area contributed by atoms with Crippen molar-refractivity contribution in [3.05, 3.63) is 23.5 Å². The molecule has 1 aromatic rings. The van der Waals surface area contributed by atoms with Crippen molar-refractivity contribution in [3.63, 3.8) is 0 Å². The highest BCUT2D eigenvalue weighted by molar-refractivity contribution is 6.29. The van der Waals surface area contributed by atoms with Crippen LogP contribution in [-0.2, 0) is 0 Å². The van der Waals surface area contributed by atoms with Gasteiger partial charge in [-0.05, 0) is 25.0 Å². The largest absolute Gasteiger partial charge is 0.394 e. The van der Waals surface area contributed by atoms with E-state index in [0.29, 0.717) is 5.15 Å². The van der Waals surface area contributed by atoms with E-state index in [2.05, 4.69) is 10.3 Å². The lowest BCUT2D eigenvalue weighted by Crippen LogP contribution is -2.25. The minimum Gasteiger partial charge on any atom is -0.394 e. The van der Waals surface area contributed by atoms with Crippen LogP contribution in [0.3, 0.4) is 0 Å². The number of nitrogens with zero attached hydrogens (tertiary/aromatic N) is 1. The Kier molecular flexibility index (Phi) is 2.14. The summed E-state index contributed by atoms with van der Waals surface area (Å²) in [6.45, 7) is 0.174. The van der Waals surface area contributed by atoms with Gasteiger partial charge in [-0.25, -0.2) is 4.98 Å². The minimum atomic E-state index is -0.0926. The van der Waals surface area contributed by atoms with Crippen LogP contribution >= 0.6 is 11.6 Å². The van der Waals surface area contributed by atoms with E-state index < -0.39 is 0 Å². The Morgan fingerprint density at radius 1 is 1.62 bits per heavy atom. The molecule has 0 atom stereocenters. The predicted octanol–water partition coefficient (Wildman–Crippen LogP) is 1.67. The molecule has 4 heteroatoms. The number of halogens is 1. The van der Waals surface area contributed by atoms with Crippen LogP contribution in [0.1, 0.15) is 12.8 Å². The van der Waals surface area contributed by atoms with Gasteiger partial charge in [0.25, 0.3) is 0 Å². The van der Waals surface area contributed by atoms with Gasteiger partial charge in [0.15, 0.2) is 0 Å². The molecule has 3 nitrogen and oxygen atoms in total. The van der Waals surface area contributed by atoms with Gasteiger partial charge in [-0.1, -0.05) is 11.6 Å². The van der Waals surface area contributed by atoms with Crippen LogP contribution in [0.2, 0.25) is 5.15 Å². The average molecular weight is 199 g/mol. The van der Waals surface area contributed by atoms with Gasteiger partial charge in [-0.15, -0.1) is 0 Å². The van der Waals surface area contributed by atoms with Crippen molar-refractivity contribution in [2.75, 3.05) is 11.9 Å². The number of aromatic nitrogens is 1. The number of nitrogens with one attached hydrogen (secondary N) is 1. The maximum absolute atomic E-state index is 9.08. The molecule has 2 rings (SSSR count). The summed E-state index contributed by atoms with van der Waals surface area (Å²) >= 11 is 5.72. The van der Waals surface area contributed by atoms with E-state index >= 15 is 0 Å². The minimum absolute atomic E-state index is 0.0926. The number of anilines is 1. The zero-order chi connectivity index (χ0) is 9.31. The fraction of sp³-hybridized carbons (Fsp3) is 0.444. The molecule has 1 aromatic heterocycles. The molecule has 1 fully saturated rings. The van der Waals surface area contributed by atoms with Gasteiger partial charge in [0, 0.05) is 11.9 Å². The van der Waals surface area contributed by atoms with Crippen LogP contribution < -0.4 is 5.32 Å². The number of pyridine rings is 1. The Balaban J connectivity index is 2.09. The molecule has 2 N–H and O–H groups in total. The second-order valence-electron chi connectivity index (χ2n) is 3.43. The van der Waals surface area contributed by atoms with Crippen LogP contribution in [0.15, 0.2) is 18.3 Å². The van der Waals surface area contributed by atoms with Gasteiger partial charge in [-0.3, -0.25) is 0 Å². The van der Waals surface area contributed by atoms with Gasteiger partial charge in [0.05, 0.1) is 12.1 Å². The Hall–Kier alpha value is -0.800. The SMILES string of the molecule is OCC1(Nc2ccnc(Cl)c2)CC1. The first-order chi connectivity index (χ1) is 6.24. The van der Waals surface area contributed by atoms with Crippen molar-refractivity contribution in [2.24, 2.45) is 0 Å². The Morgan fingerprint density at radius 2 is 2.38 bits per heavy atom. The van der Waals surface area contributed by atoms with Crippen molar-refractivity contribution < 1.29 is 5.11 Å². The van der Waals surface area contributed by atoms with Gasteiger partial charge >= 0.3 is 0 Å². The average Bonchev–Trinajstić information content (AvgIpc) is 2.86. The zero-order valence-corrected chi connectivity index (χ0v) is 7.88. The second kappa shape index (κ2) is 3.16. The molecule has 13 heavy (non-hydrogen) atoms. The van der Waals surface area contributed by atoms with Crippen LogP contribution in [0.25, 0.3) is 0 Å². The number of aliphatic hydroxyl groups is 1. The fourth-order valence-corrected chi connectivity index (χ4v) is 1.43. The summed E-state index contributed by atoms with van der Waals surface area (Å²) in [6, 6.07) is 3.61. The number of hydrogen-bond donors (Lipinski definition) is 2. The molecular weight excluding hydrogens is 188 g/mol. The Morgan fingerprint density at radius 3 is 2.92 bits per heavy atom. The first-order valence-corrected chi connectivity index (χ1v) is 4.62. The number of hydrogen-bond acceptors (Lipinski definition) is 3. The van der Waals surface area contributed by atoms with E-state index in [0.717, 1.165) is 18.5 Å². The van der Waals surface area contributed by atoms with Crippen molar-refractivity contribution in [1.29, 1.82) is 0 Å². The molecule has 1 heterocycles. The molecule has 0 unspecified atom stereocenters. The third-order valence-corrected chi connectivity index (χ3v) is 2.50. The molecule has 0 bridgehead atoms. The molecule has 1 aliphatic rings. The molecule has 0 aromatic carbocycles. The third-order valence-electron chi connectivity index (χ3n) is 2.29. The second-order valence-corrected chi connectivity index (χ2v) is 3.82. The summed E-state index contributed by atoms with van der Waals surface area (Å²) in [7, 11) is 0. The van der Waals surface area contributed by atoms with Gasteiger partial charge in [0.2, 0.25) is 0 Å². The first kappa shape index (κ1) is 8.78. The normalized spacial score (nSPS) is 18.3. The van der Waals surface area contributed by atoms with Crippen molar-refractivity contribution >= 4 is 17.3 Å². The topological polar surface area (TPSA) is 45.1 Å². The van der Waals surface area contributed by atoms with E-state index in [4.69, 9.17) is 16.7 Å². The molecule has 0 amide bonds. The van der Waals surface area contributed by atoms with Crippen molar-refractivity contribution in [2.45, 2.75) is 18.4 Å². The maximum atomic E-state index is 9.08. The molecule has 0 spiro atoms. The lowest BCUT2D eigenvalue weighted by Gasteiger charge is -2.15. The fourth-order valence-electron chi connectivity index (χ4n) is 1.26. The van der Waals surface area contributed by atoms with Crippen LogP contribution in [0.5, 0.6) is 0 Å². The Labute approximate surface area is 81.8 Å². The van der Waals surface area contributed by atoms with E-state index in [1.807, 2.05) is 6.07 Å². The van der Waals surface area contributed by atoms with Crippen LogP contribution in [0, 0.1) is 0 Å². The molecule has 1 saturated carbocycles. The van der Waals surface area contributed by atoms with Gasteiger partial charge in [0.1, 0.15) is 5.15 Å². The highest BCUT2D eigenvalue weighted by Gasteiger charge is 2.41. The van der Waals surface area contributed by atoms with Gasteiger partial charge < -0.3 is 10.4 Å². The lowest BCUT2D eigenvalue weighted by atomic mass is 10.2. The van der Waals surface area contributed by atoms with Crippen LogP contribution in [-0.4, -0.2) is 22.2 Å². The molecule has 70 valence electrons. The standard InChI is InChI=1S/C9H11ClN2O/c10-8-5-7(1-4-11-8)12-9(6-13)2-3-9/h1,4-5,13H,2-3,6H2,(H,11,12). The summed E-state index contributed by atoms with van der Waals surface area (Å²) in [5, 5.41) is 12.8. The molecule has 0 radical (unpaired) electrons. The van der Waals surface area contributed by atoms with E-state index in [-0.39, 0.29) is 12.1 Å². The summed E-state index contributed by atoms with van der Waals surface area (Å²) in [5.41, 5.74) is 0.830. The summed E-state index contributed by atoms with van der Waals surface area (Å²) in [4.78, 5) is 3.88. The molecule has 0 aliphatic heterocycles. The van der Waals surface area contributed by atoms with E-state index in [9.17, 15) is 0 Å². The summed E-state index contributed by atoms with van der Waals surface area (Å²) < 4.78 is 0. The monoisotopic (exact) mass is 198 g/mol. The maximum Gasteiger partial charge on any atom is 0.131 e. The van der Waals surface area contributed by atoms with Gasteiger partial charge in [-0.2, -0.15) is 0 Å². The highest BCUT2D eigenvalue weighted by atomic mass is 35.5. The van der Waals surface area contributed by atoms with Crippen molar-refractivity contribution in [1.82, 2.24) is 4.98 Å². The molecular formula is C9H11ClN2O. The first-order valence-electron chi connectivity index (χ1n) is 4.25. The zero-order valence-electron chi connectivity index (χ0n) is 7.13. The molecule has 1 aliphatic carbocycles. The smallest absolute Gasteiger partial charge is 0.131 e. The van der Waals surface area contributed by atoms with Crippen LogP contribution in [0.4, 0.5) is 5.69 Å². The van der Waals surface area contributed by atoms with E-state index in [1.54, 1.807) is 12.3 Å². The third kappa shape index (κ3) is 1.92. The number of aliphatic hydroxyl groups excluding tert-OH is 1. The van der Waals surface area contributed by atoms with Crippen molar-refractivity contribution in [3.8, 4) is 0 Å². The molecule has 0 saturated heterocycles. The summed E-state index contributed by atoms with van der Waals surface area (Å²) in [6.07, 6.45) is 3.69. The quantitative estimate of drug-likeness (QED) is 0.727. The lowest BCUT2D eigenvalue weighted by molar-refractivity contribution is 0.266. The predicted molar refractivity (Wildman–Crippen MR) is 51.9 cm³/mol. The highest BCUT2D eigenvalue weighted by Crippen LogP contribution is 2.38. The van der Waals surface area contributed by atoms with E-state index in [1.165, 1.54) is 0 Å². The summed E-state index contributed by atoms with van der Waals surface area (Å²) in [5.74, 6) is 0. The number of rotatable bonds is 3.